The zero-order valence-corrected chi connectivity index (χ0v) is 13.7. The second-order valence-corrected chi connectivity index (χ2v) is 6.36. The van der Waals surface area contributed by atoms with Gasteiger partial charge in [0.25, 0.3) is 0 Å². The summed E-state index contributed by atoms with van der Waals surface area (Å²) in [6.45, 7) is 0. The number of nitrogens with two attached hydrogens (primary N) is 1. The van der Waals surface area contributed by atoms with Crippen LogP contribution in [0.1, 0.15) is 55.6 Å². The number of hydrogen-bond donors (Lipinski definition) is 1. The summed E-state index contributed by atoms with van der Waals surface area (Å²) in [6.07, 6.45) is 10.1. The topological polar surface area (TPSA) is 68.9 Å². The van der Waals surface area contributed by atoms with Crippen LogP contribution in [-0.2, 0) is 11.2 Å². The predicted molar refractivity (Wildman–Crippen MR) is 92.0 cm³/mol. The fourth-order valence-electron chi connectivity index (χ4n) is 3.20. The molecule has 0 bridgehead atoms. The van der Waals surface area contributed by atoms with Crippen molar-refractivity contribution in [2.24, 2.45) is 0 Å². The van der Waals surface area contributed by atoms with E-state index in [4.69, 9.17) is 5.73 Å². The van der Waals surface area contributed by atoms with Crippen LogP contribution in [-0.4, -0.2) is 16.3 Å². The Kier molecular flexibility index (Phi) is 5.18. The highest BCUT2D eigenvalue weighted by atomic mass is 19.1. The maximum atomic E-state index is 15.2. The third-order valence-electron chi connectivity index (χ3n) is 4.77. The van der Waals surface area contributed by atoms with E-state index in [0.717, 1.165) is 43.1 Å². The average Bonchev–Trinajstić information content (AvgIpc) is 2.53. The molecule has 4 nitrogen and oxygen atoms in total. The zero-order valence-electron chi connectivity index (χ0n) is 13.7. The van der Waals surface area contributed by atoms with E-state index in [9.17, 15) is 4.79 Å². The molecule has 1 fully saturated rings. The van der Waals surface area contributed by atoms with Crippen LogP contribution in [0, 0.1) is 5.82 Å². The molecule has 0 spiro atoms. The molecule has 0 amide bonds. The Labute approximate surface area is 141 Å². The first kappa shape index (κ1) is 16.6. The van der Waals surface area contributed by atoms with Crippen molar-refractivity contribution in [2.75, 3.05) is 5.73 Å². The molecule has 1 aromatic carbocycles. The number of halogens is 1. The quantitative estimate of drug-likeness (QED) is 0.615. The van der Waals surface area contributed by atoms with Crippen molar-refractivity contribution in [1.82, 2.24) is 9.97 Å². The maximum absolute atomic E-state index is 15.2. The Bertz CT molecular complexity index is 711. The molecule has 1 aliphatic rings. The summed E-state index contributed by atoms with van der Waals surface area (Å²) in [5, 5.41) is 0. The molecule has 3 rings (SSSR count). The highest BCUT2D eigenvalue weighted by molar-refractivity contribution is 5.62. The van der Waals surface area contributed by atoms with Gasteiger partial charge in [0, 0.05) is 12.0 Å². The van der Waals surface area contributed by atoms with Crippen LogP contribution in [0.15, 0.2) is 24.5 Å². The number of rotatable bonds is 7. The van der Waals surface area contributed by atoms with Gasteiger partial charge in [-0.1, -0.05) is 12.5 Å². The summed E-state index contributed by atoms with van der Waals surface area (Å²) in [4.78, 5) is 18.7. The third kappa shape index (κ3) is 3.45. The lowest BCUT2D eigenvalue weighted by molar-refractivity contribution is -0.107. The number of unbranched alkanes of at least 4 members (excludes halogenated alkanes) is 2. The molecule has 126 valence electrons. The number of carbonyl (C=O) groups is 1. The number of benzene rings is 1. The molecular weight excluding hydrogens is 305 g/mol. The van der Waals surface area contributed by atoms with Crippen LogP contribution in [0.3, 0.4) is 0 Å². The van der Waals surface area contributed by atoms with Crippen molar-refractivity contribution in [1.29, 1.82) is 0 Å². The standard InChI is InChI=1S/C19H22FN3O/c20-19-15(7-2-1-3-10-24)14(13-5-4-6-13)8-9-16(19)17-11-23-18(21)12-22-17/h8-13H,1-7H2,(H2,21,23). The molecule has 1 saturated carbocycles. The summed E-state index contributed by atoms with van der Waals surface area (Å²) in [6, 6.07) is 3.84. The van der Waals surface area contributed by atoms with E-state index in [1.165, 1.54) is 18.8 Å². The molecule has 1 aliphatic carbocycles. The van der Waals surface area contributed by atoms with Crippen molar-refractivity contribution < 1.29 is 9.18 Å². The van der Waals surface area contributed by atoms with E-state index in [0.29, 0.717) is 35.8 Å². The second kappa shape index (κ2) is 7.51. The van der Waals surface area contributed by atoms with Crippen molar-refractivity contribution in [3.05, 3.63) is 41.5 Å². The van der Waals surface area contributed by atoms with Crippen LogP contribution >= 0.6 is 0 Å². The van der Waals surface area contributed by atoms with Crippen LogP contribution in [0.4, 0.5) is 10.2 Å². The minimum absolute atomic E-state index is 0.204. The normalized spacial score (nSPS) is 14.4. The number of nitrogen functional groups attached to an aromatic ring is 1. The van der Waals surface area contributed by atoms with Crippen molar-refractivity contribution >= 4 is 12.1 Å². The number of aromatic nitrogens is 2. The van der Waals surface area contributed by atoms with E-state index < -0.39 is 0 Å². The first-order chi connectivity index (χ1) is 11.7. The fraction of sp³-hybridized carbons (Fsp3) is 0.421. The second-order valence-electron chi connectivity index (χ2n) is 6.36. The monoisotopic (exact) mass is 327 g/mol. The molecule has 0 saturated heterocycles. The largest absolute Gasteiger partial charge is 0.382 e. The third-order valence-corrected chi connectivity index (χ3v) is 4.77. The fourth-order valence-corrected chi connectivity index (χ4v) is 3.20. The number of hydrogen-bond acceptors (Lipinski definition) is 4. The zero-order chi connectivity index (χ0) is 16.9. The first-order valence-corrected chi connectivity index (χ1v) is 8.53. The van der Waals surface area contributed by atoms with E-state index in [1.54, 1.807) is 6.07 Å². The average molecular weight is 327 g/mol. The van der Waals surface area contributed by atoms with Gasteiger partial charge < -0.3 is 10.5 Å². The summed E-state index contributed by atoms with van der Waals surface area (Å²) in [7, 11) is 0. The van der Waals surface area contributed by atoms with Gasteiger partial charge in [0.05, 0.1) is 18.1 Å². The van der Waals surface area contributed by atoms with Gasteiger partial charge in [-0.3, -0.25) is 4.98 Å². The van der Waals surface area contributed by atoms with Crippen LogP contribution in [0.25, 0.3) is 11.3 Å². The smallest absolute Gasteiger partial charge is 0.141 e. The van der Waals surface area contributed by atoms with Gasteiger partial charge in [0.1, 0.15) is 17.9 Å². The van der Waals surface area contributed by atoms with Gasteiger partial charge in [0.15, 0.2) is 0 Å². The summed E-state index contributed by atoms with van der Waals surface area (Å²) in [5.74, 6) is 0.580. The Morgan fingerprint density at radius 1 is 1.21 bits per heavy atom. The molecule has 0 atom stereocenters. The Balaban J connectivity index is 1.93. The van der Waals surface area contributed by atoms with Crippen molar-refractivity contribution in [2.45, 2.75) is 50.9 Å². The molecule has 2 N–H and O–H groups in total. The molecule has 2 aromatic rings. The van der Waals surface area contributed by atoms with E-state index in [-0.39, 0.29) is 5.82 Å². The lowest BCUT2D eigenvalue weighted by atomic mass is 9.77. The number of nitrogens with zero attached hydrogens (tertiary/aromatic N) is 2. The highest BCUT2D eigenvalue weighted by Crippen LogP contribution is 2.40. The Morgan fingerprint density at radius 2 is 2.04 bits per heavy atom. The number of carbonyl (C=O) groups excluding carboxylic acids is 1. The minimum Gasteiger partial charge on any atom is -0.382 e. The number of anilines is 1. The molecule has 1 aromatic heterocycles. The van der Waals surface area contributed by atoms with Gasteiger partial charge in [0.2, 0.25) is 0 Å². The molecule has 24 heavy (non-hydrogen) atoms. The maximum Gasteiger partial charge on any atom is 0.141 e. The van der Waals surface area contributed by atoms with Crippen molar-refractivity contribution in [3.63, 3.8) is 0 Å². The summed E-state index contributed by atoms with van der Waals surface area (Å²) in [5.41, 5.74) is 8.43. The molecule has 5 heteroatoms. The summed E-state index contributed by atoms with van der Waals surface area (Å²) < 4.78 is 15.2. The lowest BCUT2D eigenvalue weighted by Crippen LogP contribution is -2.13. The predicted octanol–water partition coefficient (Wildman–Crippen LogP) is 4.04. The molecule has 0 radical (unpaired) electrons. The van der Waals surface area contributed by atoms with Crippen LogP contribution in [0.5, 0.6) is 0 Å². The number of aldehydes is 1. The summed E-state index contributed by atoms with van der Waals surface area (Å²) >= 11 is 0. The first-order valence-electron chi connectivity index (χ1n) is 8.53. The Hall–Kier alpha value is -2.30. The lowest BCUT2D eigenvalue weighted by Gasteiger charge is -2.28. The Morgan fingerprint density at radius 3 is 2.67 bits per heavy atom. The van der Waals surface area contributed by atoms with E-state index in [1.807, 2.05) is 6.07 Å². The van der Waals surface area contributed by atoms with Crippen LogP contribution < -0.4 is 5.73 Å². The molecular formula is C19H22FN3O. The molecule has 1 heterocycles. The highest BCUT2D eigenvalue weighted by Gasteiger charge is 2.25. The van der Waals surface area contributed by atoms with Gasteiger partial charge >= 0.3 is 0 Å². The van der Waals surface area contributed by atoms with Gasteiger partial charge in [-0.25, -0.2) is 9.37 Å². The van der Waals surface area contributed by atoms with E-state index in [2.05, 4.69) is 9.97 Å². The van der Waals surface area contributed by atoms with Crippen LogP contribution in [0.2, 0.25) is 0 Å². The minimum atomic E-state index is -0.204. The van der Waals surface area contributed by atoms with Crippen molar-refractivity contribution in [3.8, 4) is 11.3 Å². The van der Waals surface area contributed by atoms with E-state index >= 15 is 4.39 Å². The van der Waals surface area contributed by atoms with Gasteiger partial charge in [-0.15, -0.1) is 0 Å². The molecule has 0 aliphatic heterocycles. The van der Waals surface area contributed by atoms with Gasteiger partial charge in [-0.2, -0.15) is 0 Å². The SMILES string of the molecule is Nc1cnc(-c2ccc(C3CCC3)c(CCCCC=O)c2F)cn1. The van der Waals surface area contributed by atoms with Gasteiger partial charge in [-0.05, 0) is 55.2 Å². The molecule has 0 unspecified atom stereocenters.